The number of rotatable bonds is 4. The first-order chi connectivity index (χ1) is 18.0. The van der Waals surface area contributed by atoms with Crippen LogP contribution >= 0.6 is 34.5 Å². The van der Waals surface area contributed by atoms with Crippen LogP contribution in [0.4, 0.5) is 17.6 Å². The molecule has 5 aromatic rings. The first kappa shape index (κ1) is 26.1. The maximum atomic E-state index is 14.9. The zero-order valence-corrected chi connectivity index (χ0v) is 21.6. The van der Waals surface area contributed by atoms with Crippen molar-refractivity contribution in [3.05, 3.63) is 96.7 Å². The molecule has 0 saturated carbocycles. The van der Waals surface area contributed by atoms with Gasteiger partial charge in [0.05, 0.1) is 27.4 Å². The molecule has 13 heteroatoms. The van der Waals surface area contributed by atoms with Crippen LogP contribution in [-0.2, 0) is 12.7 Å². The van der Waals surface area contributed by atoms with Gasteiger partial charge < -0.3 is 5.11 Å². The summed E-state index contributed by atoms with van der Waals surface area (Å²) < 4.78 is 57.2. The number of benzene rings is 1. The molecule has 4 heterocycles. The Morgan fingerprint density at radius 2 is 1.89 bits per heavy atom. The van der Waals surface area contributed by atoms with Gasteiger partial charge in [0.25, 0.3) is 11.5 Å². The maximum Gasteiger partial charge on any atom is 0.417 e. The minimum Gasteiger partial charge on any atom is -0.477 e. The molecular weight excluding hydrogens is 567 g/mol. The number of hydrogen-bond donors (Lipinski definition) is 1. The van der Waals surface area contributed by atoms with Gasteiger partial charge >= 0.3 is 11.7 Å². The highest BCUT2D eigenvalue weighted by atomic mass is 35.5. The van der Waals surface area contributed by atoms with Crippen LogP contribution in [-0.4, -0.2) is 19.5 Å². The normalized spacial score (nSPS) is 11.9. The first-order valence-electron chi connectivity index (χ1n) is 10.9. The molecule has 0 aliphatic rings. The molecule has 194 valence electrons. The van der Waals surface area contributed by atoms with E-state index >= 15 is 0 Å². The Morgan fingerprint density at radius 3 is 2.55 bits per heavy atom. The quantitative estimate of drug-likeness (QED) is 0.200. The number of nitrogens with zero attached hydrogens (tertiary/aromatic N) is 4. The van der Waals surface area contributed by atoms with Gasteiger partial charge in [-0.2, -0.15) is 22.1 Å². The van der Waals surface area contributed by atoms with Crippen LogP contribution in [0.1, 0.15) is 16.0 Å². The number of aryl methyl sites for hydroxylation is 1. The molecule has 1 aromatic carbocycles. The molecule has 4 aromatic heterocycles. The average molecular weight is 582 g/mol. The van der Waals surface area contributed by atoms with Crippen molar-refractivity contribution in [1.29, 1.82) is 0 Å². The van der Waals surface area contributed by atoms with E-state index in [0.29, 0.717) is 32.8 Å². The van der Waals surface area contributed by atoms with Gasteiger partial charge in [0, 0.05) is 23.5 Å². The Hall–Kier alpha value is -3.54. The van der Waals surface area contributed by atoms with Crippen LogP contribution < -0.4 is 10.1 Å². The fourth-order valence-electron chi connectivity index (χ4n) is 4.14. The predicted octanol–water partition coefficient (Wildman–Crippen LogP) is 6.30. The van der Waals surface area contributed by atoms with Crippen molar-refractivity contribution in [2.45, 2.75) is 19.6 Å². The number of halogens is 6. The van der Waals surface area contributed by atoms with E-state index in [1.807, 2.05) is 0 Å². The second kappa shape index (κ2) is 9.64. The largest absolute Gasteiger partial charge is 0.477 e. The molecule has 1 N–H and O–H groups in total. The third kappa shape index (κ3) is 4.61. The molecule has 0 fully saturated rings. The molecule has 0 aliphatic heterocycles. The fourth-order valence-corrected chi connectivity index (χ4v) is 5.37. The smallest absolute Gasteiger partial charge is 0.417 e. The number of aromatic hydroxyl groups is 1. The standard InChI is InChI=1S/C25H14Cl2F4N4O2S/c1-12-3-2-6-34-21(12)35(11-15-10-33-24(27)38-15)23(37)19(22(34)36)13-4-5-18(28)16(7-13)20-17(26)8-14(9-32-20)25(29,30)31/h2-10H,11H2,1H3/p+1. The predicted molar refractivity (Wildman–Crippen MR) is 135 cm³/mol. The van der Waals surface area contributed by atoms with Crippen molar-refractivity contribution in [1.82, 2.24) is 14.4 Å². The summed E-state index contributed by atoms with van der Waals surface area (Å²) in [5.41, 5.74) is -1.11. The van der Waals surface area contributed by atoms with Crippen LogP contribution in [0.5, 0.6) is 5.88 Å². The molecule has 6 nitrogen and oxygen atoms in total. The number of pyridine rings is 2. The maximum absolute atomic E-state index is 14.9. The lowest BCUT2D eigenvalue weighted by atomic mass is 10.0. The number of alkyl halides is 3. The Kier molecular flexibility index (Phi) is 6.62. The molecular formula is C25H15Cl2F4N4O2S+. The number of aromatic nitrogens is 4. The van der Waals surface area contributed by atoms with Crippen LogP contribution in [0, 0.1) is 12.7 Å². The lowest BCUT2D eigenvalue weighted by Gasteiger charge is -2.13. The Labute approximate surface area is 226 Å². The van der Waals surface area contributed by atoms with Gasteiger partial charge in [-0.15, -0.1) is 11.3 Å². The molecule has 0 bridgehead atoms. The van der Waals surface area contributed by atoms with E-state index in [0.717, 1.165) is 6.07 Å². The van der Waals surface area contributed by atoms with E-state index in [2.05, 4.69) is 9.97 Å². The van der Waals surface area contributed by atoms with E-state index in [1.54, 1.807) is 25.3 Å². The first-order valence-corrected chi connectivity index (χ1v) is 12.4. The van der Waals surface area contributed by atoms with Gasteiger partial charge in [-0.05, 0) is 42.8 Å². The summed E-state index contributed by atoms with van der Waals surface area (Å²) >= 11 is 13.2. The van der Waals surface area contributed by atoms with E-state index in [4.69, 9.17) is 23.2 Å². The minimum atomic E-state index is -4.69. The topological polar surface area (TPSA) is 71.4 Å². The van der Waals surface area contributed by atoms with Crippen LogP contribution in [0.15, 0.2) is 59.8 Å². The lowest BCUT2D eigenvalue weighted by Crippen LogP contribution is -2.41. The summed E-state index contributed by atoms with van der Waals surface area (Å²) in [5, 5.41) is 10.9. The molecule has 0 saturated heterocycles. The zero-order valence-electron chi connectivity index (χ0n) is 19.2. The Morgan fingerprint density at radius 1 is 1.13 bits per heavy atom. The van der Waals surface area contributed by atoms with Gasteiger partial charge in [0.2, 0.25) is 0 Å². The average Bonchev–Trinajstić information content (AvgIpc) is 3.27. The molecule has 38 heavy (non-hydrogen) atoms. The van der Waals surface area contributed by atoms with Crippen molar-refractivity contribution in [2.24, 2.45) is 0 Å². The van der Waals surface area contributed by atoms with Crippen molar-refractivity contribution < 1.29 is 27.2 Å². The number of thiazole rings is 1. The Bertz CT molecular complexity index is 1790. The fraction of sp³-hybridized carbons (Fsp3) is 0.120. The summed E-state index contributed by atoms with van der Waals surface area (Å²) in [6.07, 6.45) is -1.06. The van der Waals surface area contributed by atoms with Gasteiger partial charge in [-0.25, -0.2) is 14.2 Å². The van der Waals surface area contributed by atoms with Crippen molar-refractivity contribution in [2.75, 3.05) is 0 Å². The zero-order chi connectivity index (χ0) is 27.4. The molecule has 0 aliphatic carbocycles. The summed E-state index contributed by atoms with van der Waals surface area (Å²) in [7, 11) is 0. The Balaban J connectivity index is 1.74. The van der Waals surface area contributed by atoms with E-state index in [-0.39, 0.29) is 28.9 Å². The number of fused-ring (bicyclic) bond motifs is 1. The summed E-state index contributed by atoms with van der Waals surface area (Å²) in [6.45, 7) is 1.90. The number of hydrogen-bond acceptors (Lipinski definition) is 5. The lowest BCUT2D eigenvalue weighted by molar-refractivity contribution is -0.671. The van der Waals surface area contributed by atoms with Crippen LogP contribution in [0.2, 0.25) is 9.49 Å². The van der Waals surface area contributed by atoms with E-state index in [9.17, 15) is 27.5 Å². The minimum absolute atomic E-state index is 0.105. The van der Waals surface area contributed by atoms with Crippen molar-refractivity contribution in [3.8, 4) is 28.3 Å². The van der Waals surface area contributed by atoms with Gasteiger partial charge in [0.1, 0.15) is 12.4 Å². The summed E-state index contributed by atoms with van der Waals surface area (Å²) in [5.74, 6) is -1.23. The van der Waals surface area contributed by atoms with Crippen molar-refractivity contribution >= 4 is 40.2 Å². The summed E-state index contributed by atoms with van der Waals surface area (Å²) in [6, 6.07) is 7.61. The van der Waals surface area contributed by atoms with Gasteiger partial charge in [0.15, 0.2) is 10.0 Å². The highest BCUT2D eigenvalue weighted by Gasteiger charge is 2.32. The second-order valence-corrected chi connectivity index (χ2v) is 10.4. The van der Waals surface area contributed by atoms with E-state index in [1.165, 1.54) is 38.6 Å². The van der Waals surface area contributed by atoms with Crippen molar-refractivity contribution in [3.63, 3.8) is 0 Å². The van der Waals surface area contributed by atoms with Crippen LogP contribution in [0.3, 0.4) is 0 Å². The molecule has 0 unspecified atom stereocenters. The van der Waals surface area contributed by atoms with Crippen LogP contribution in [0.25, 0.3) is 28.0 Å². The third-order valence-corrected chi connectivity index (χ3v) is 7.24. The molecule has 0 amide bonds. The SMILES string of the molecule is Cc1cccn2c(=O)c(-c3ccc(F)c(-c4ncc(C(F)(F)F)cc4Cl)c3)c(O)[n+](Cc3cnc(Cl)s3)c12. The molecule has 5 rings (SSSR count). The third-order valence-electron chi connectivity index (χ3n) is 5.85. The molecule has 0 atom stereocenters. The van der Waals surface area contributed by atoms with Gasteiger partial charge in [-0.1, -0.05) is 29.3 Å². The molecule has 0 radical (unpaired) electrons. The summed E-state index contributed by atoms with van der Waals surface area (Å²) in [4.78, 5) is 22.0. The molecule has 0 spiro atoms. The highest BCUT2D eigenvalue weighted by molar-refractivity contribution is 7.15. The monoisotopic (exact) mass is 581 g/mol. The van der Waals surface area contributed by atoms with E-state index < -0.39 is 34.0 Å². The second-order valence-electron chi connectivity index (χ2n) is 8.30. The van der Waals surface area contributed by atoms with Gasteiger partial charge in [-0.3, -0.25) is 4.98 Å². The highest BCUT2D eigenvalue weighted by Crippen LogP contribution is 2.36.